The number of thioether (sulfide) groups is 1. The van der Waals surface area contributed by atoms with Crippen LogP contribution in [0.3, 0.4) is 0 Å². The molecule has 0 aromatic heterocycles. The molecule has 0 aromatic rings. The number of hydrogen-bond acceptors (Lipinski definition) is 4. The molecule has 5 nitrogen and oxygen atoms in total. The predicted molar refractivity (Wildman–Crippen MR) is 123 cm³/mol. The number of aliphatic imine (C=N–C) groups is 1. The molecule has 2 aliphatic rings. The molecule has 2 saturated heterocycles. The lowest BCUT2D eigenvalue weighted by atomic mass is 10.3. The van der Waals surface area contributed by atoms with Gasteiger partial charge in [-0.3, -0.25) is 4.99 Å². The monoisotopic (exact) mass is 483 g/mol. The molecule has 0 spiro atoms. The summed E-state index contributed by atoms with van der Waals surface area (Å²) in [7, 11) is 2.23. The molecule has 25 heavy (non-hydrogen) atoms. The Morgan fingerprint density at radius 1 is 1.16 bits per heavy atom. The van der Waals surface area contributed by atoms with E-state index in [0.29, 0.717) is 0 Å². The van der Waals surface area contributed by atoms with E-state index in [1.807, 2.05) is 0 Å². The Kier molecular flexibility index (Phi) is 12.5. The van der Waals surface area contributed by atoms with Gasteiger partial charge in [0.1, 0.15) is 0 Å². The second-order valence-corrected chi connectivity index (χ2v) is 8.34. The van der Waals surface area contributed by atoms with E-state index in [1.165, 1.54) is 57.7 Å². The normalized spacial score (nSPS) is 23.9. The van der Waals surface area contributed by atoms with Crippen molar-refractivity contribution in [3.63, 3.8) is 0 Å². The molecule has 0 bridgehead atoms. The Hall–Kier alpha value is 0.270. The summed E-state index contributed by atoms with van der Waals surface area (Å²) in [5, 5.41) is 4.26. The average molecular weight is 484 g/mol. The highest BCUT2D eigenvalue weighted by Crippen LogP contribution is 2.21. The molecule has 7 heteroatoms. The Bertz CT molecular complexity index is 382. The maximum absolute atomic E-state index is 4.91. The SMILES string of the molecule is CCNC(=NCCCN1CCCN(C)CC1)N1CCSC(CC)C1.I. The first-order valence-electron chi connectivity index (χ1n) is 9.78. The quantitative estimate of drug-likeness (QED) is 0.272. The topological polar surface area (TPSA) is 34.1 Å². The van der Waals surface area contributed by atoms with Crippen LogP contribution in [0.4, 0.5) is 0 Å². The number of hydrogen-bond donors (Lipinski definition) is 1. The molecule has 2 rings (SSSR count). The minimum absolute atomic E-state index is 0. The van der Waals surface area contributed by atoms with Crippen molar-refractivity contribution in [3.8, 4) is 0 Å². The van der Waals surface area contributed by atoms with E-state index in [-0.39, 0.29) is 24.0 Å². The molecule has 0 aromatic carbocycles. The van der Waals surface area contributed by atoms with Gasteiger partial charge in [-0.05, 0) is 52.9 Å². The van der Waals surface area contributed by atoms with Gasteiger partial charge in [0.2, 0.25) is 0 Å². The molecular formula is C18H38IN5S. The van der Waals surface area contributed by atoms with Crippen LogP contribution in [0.25, 0.3) is 0 Å². The maximum atomic E-state index is 4.91. The van der Waals surface area contributed by atoms with Gasteiger partial charge in [0.25, 0.3) is 0 Å². The minimum atomic E-state index is 0. The number of halogens is 1. The molecule has 2 aliphatic heterocycles. The lowest BCUT2D eigenvalue weighted by Gasteiger charge is -2.34. The second-order valence-electron chi connectivity index (χ2n) is 6.93. The van der Waals surface area contributed by atoms with Crippen molar-refractivity contribution in [1.82, 2.24) is 20.0 Å². The summed E-state index contributed by atoms with van der Waals surface area (Å²) < 4.78 is 0. The van der Waals surface area contributed by atoms with Gasteiger partial charge in [-0.1, -0.05) is 6.92 Å². The van der Waals surface area contributed by atoms with Gasteiger partial charge in [-0.2, -0.15) is 11.8 Å². The third-order valence-corrected chi connectivity index (χ3v) is 6.31. The lowest BCUT2D eigenvalue weighted by molar-refractivity contribution is 0.275. The third kappa shape index (κ3) is 8.67. The lowest BCUT2D eigenvalue weighted by Crippen LogP contribution is -2.48. The molecule has 0 saturated carbocycles. The first kappa shape index (κ1) is 23.3. The number of nitrogens with one attached hydrogen (secondary N) is 1. The molecule has 2 fully saturated rings. The summed E-state index contributed by atoms with van der Waals surface area (Å²) in [5.74, 6) is 2.36. The molecule has 2 heterocycles. The van der Waals surface area contributed by atoms with Crippen LogP contribution in [-0.4, -0.2) is 97.6 Å². The smallest absolute Gasteiger partial charge is 0.193 e. The highest BCUT2D eigenvalue weighted by atomic mass is 127. The van der Waals surface area contributed by atoms with Crippen LogP contribution in [0.2, 0.25) is 0 Å². The Balaban J connectivity index is 0.00000312. The van der Waals surface area contributed by atoms with Crippen LogP contribution in [0, 0.1) is 0 Å². The summed E-state index contributed by atoms with van der Waals surface area (Å²) in [6.45, 7) is 14.7. The van der Waals surface area contributed by atoms with Crippen LogP contribution >= 0.6 is 35.7 Å². The predicted octanol–water partition coefficient (Wildman–Crippen LogP) is 2.42. The fourth-order valence-corrected chi connectivity index (χ4v) is 4.57. The van der Waals surface area contributed by atoms with Gasteiger partial charge in [0.05, 0.1) is 0 Å². The van der Waals surface area contributed by atoms with Crippen LogP contribution in [-0.2, 0) is 0 Å². The van der Waals surface area contributed by atoms with E-state index in [2.05, 4.69) is 52.7 Å². The average Bonchev–Trinajstić information content (AvgIpc) is 2.82. The molecule has 1 unspecified atom stereocenters. The van der Waals surface area contributed by atoms with Crippen molar-refractivity contribution in [2.45, 2.75) is 38.4 Å². The maximum Gasteiger partial charge on any atom is 0.193 e. The van der Waals surface area contributed by atoms with Gasteiger partial charge in [-0.25, -0.2) is 0 Å². The van der Waals surface area contributed by atoms with E-state index < -0.39 is 0 Å². The Morgan fingerprint density at radius 2 is 2.00 bits per heavy atom. The summed E-state index contributed by atoms with van der Waals surface area (Å²) >= 11 is 2.12. The van der Waals surface area contributed by atoms with Crippen molar-refractivity contribution < 1.29 is 0 Å². The first-order chi connectivity index (χ1) is 11.7. The van der Waals surface area contributed by atoms with Crippen molar-refractivity contribution in [2.75, 3.05) is 71.7 Å². The molecule has 1 atom stereocenters. The van der Waals surface area contributed by atoms with Gasteiger partial charge < -0.3 is 20.0 Å². The number of guanidine groups is 1. The highest BCUT2D eigenvalue weighted by Gasteiger charge is 2.21. The number of rotatable bonds is 6. The van der Waals surface area contributed by atoms with E-state index in [0.717, 1.165) is 37.4 Å². The van der Waals surface area contributed by atoms with E-state index in [4.69, 9.17) is 4.99 Å². The number of nitrogens with zero attached hydrogens (tertiary/aromatic N) is 4. The standard InChI is InChI=1S/C18H37N5S.HI/c1-4-17-16-23(14-15-24-17)18(19-5-2)20-8-6-10-22-11-7-9-21(3)12-13-22;/h17H,4-16H2,1-3H3,(H,19,20);1H. The van der Waals surface area contributed by atoms with Crippen LogP contribution in [0.15, 0.2) is 4.99 Å². The van der Waals surface area contributed by atoms with Gasteiger partial charge in [0.15, 0.2) is 5.96 Å². The van der Waals surface area contributed by atoms with Crippen LogP contribution in [0.1, 0.15) is 33.1 Å². The summed E-state index contributed by atoms with van der Waals surface area (Å²) in [4.78, 5) is 12.4. The number of likely N-dealkylation sites (N-methyl/N-ethyl adjacent to an activating group) is 1. The summed E-state index contributed by atoms with van der Waals surface area (Å²) in [6.07, 6.45) is 3.72. The molecule has 0 aliphatic carbocycles. The minimum Gasteiger partial charge on any atom is -0.357 e. The highest BCUT2D eigenvalue weighted by molar-refractivity contribution is 14.0. The molecule has 0 radical (unpaired) electrons. The summed E-state index contributed by atoms with van der Waals surface area (Å²) in [5.41, 5.74) is 0. The first-order valence-corrected chi connectivity index (χ1v) is 10.8. The van der Waals surface area contributed by atoms with Gasteiger partial charge in [-0.15, -0.1) is 24.0 Å². The Morgan fingerprint density at radius 3 is 2.76 bits per heavy atom. The zero-order valence-electron chi connectivity index (χ0n) is 16.4. The fourth-order valence-electron chi connectivity index (χ4n) is 3.39. The van der Waals surface area contributed by atoms with Gasteiger partial charge in [0, 0.05) is 50.3 Å². The molecule has 1 N–H and O–H groups in total. The van der Waals surface area contributed by atoms with Crippen molar-refractivity contribution in [1.29, 1.82) is 0 Å². The van der Waals surface area contributed by atoms with E-state index in [1.54, 1.807) is 0 Å². The van der Waals surface area contributed by atoms with Crippen molar-refractivity contribution in [3.05, 3.63) is 0 Å². The van der Waals surface area contributed by atoms with Crippen molar-refractivity contribution >= 4 is 41.7 Å². The van der Waals surface area contributed by atoms with Crippen LogP contribution < -0.4 is 5.32 Å². The Labute approximate surface area is 176 Å². The molecular weight excluding hydrogens is 445 g/mol. The van der Waals surface area contributed by atoms with Gasteiger partial charge >= 0.3 is 0 Å². The third-order valence-electron chi connectivity index (χ3n) is 4.93. The van der Waals surface area contributed by atoms with E-state index >= 15 is 0 Å². The van der Waals surface area contributed by atoms with Crippen molar-refractivity contribution in [2.24, 2.45) is 4.99 Å². The fraction of sp³-hybridized carbons (Fsp3) is 0.944. The largest absolute Gasteiger partial charge is 0.357 e. The van der Waals surface area contributed by atoms with Crippen LogP contribution in [0.5, 0.6) is 0 Å². The zero-order valence-corrected chi connectivity index (χ0v) is 19.5. The zero-order chi connectivity index (χ0) is 17.2. The molecule has 0 amide bonds. The molecule has 148 valence electrons. The summed E-state index contributed by atoms with van der Waals surface area (Å²) in [6, 6.07) is 0. The second kappa shape index (κ2) is 13.4. The van der Waals surface area contributed by atoms with E-state index in [9.17, 15) is 0 Å².